The van der Waals surface area contributed by atoms with Gasteiger partial charge in [0.25, 0.3) is 5.91 Å². The van der Waals surface area contributed by atoms with E-state index in [1.807, 2.05) is 29.3 Å². The van der Waals surface area contributed by atoms with Gasteiger partial charge < -0.3 is 14.4 Å². The van der Waals surface area contributed by atoms with Gasteiger partial charge in [0.15, 0.2) is 0 Å². The molecule has 146 valence electrons. The second kappa shape index (κ2) is 7.21. The minimum atomic E-state index is -0.216. The summed E-state index contributed by atoms with van der Waals surface area (Å²) in [6.45, 7) is 2.24. The maximum atomic E-state index is 12.6. The smallest absolute Gasteiger partial charge is 0.251 e. The van der Waals surface area contributed by atoms with Crippen molar-refractivity contribution in [3.05, 3.63) is 48.2 Å². The number of likely N-dealkylation sites (tertiary alicyclic amines) is 1. The summed E-state index contributed by atoms with van der Waals surface area (Å²) in [5.74, 6) is 1.16. The first kappa shape index (κ1) is 17.7. The van der Waals surface area contributed by atoms with Gasteiger partial charge in [0.2, 0.25) is 0 Å². The van der Waals surface area contributed by atoms with E-state index in [4.69, 9.17) is 9.47 Å². The summed E-state index contributed by atoms with van der Waals surface area (Å²) in [6.07, 6.45) is 7.28. The Bertz CT molecular complexity index is 853. The SMILES string of the molecule is O=C([C@H]1CCCO1)N1CCC2(CCc3cc(-c4ccccn4)ccc3O2)CC1. The molecule has 3 aliphatic rings. The maximum absolute atomic E-state index is 12.6. The lowest BCUT2D eigenvalue weighted by Gasteiger charge is -2.45. The number of carbonyl (C=O) groups is 1. The molecule has 2 fully saturated rings. The predicted octanol–water partition coefficient (Wildman–Crippen LogP) is 3.61. The van der Waals surface area contributed by atoms with E-state index in [0.29, 0.717) is 6.61 Å². The van der Waals surface area contributed by atoms with Crippen LogP contribution in [0.15, 0.2) is 42.6 Å². The zero-order valence-corrected chi connectivity index (χ0v) is 16.1. The van der Waals surface area contributed by atoms with Crippen LogP contribution in [0.25, 0.3) is 11.3 Å². The lowest BCUT2D eigenvalue weighted by molar-refractivity contribution is -0.144. The molecule has 3 aliphatic heterocycles. The number of pyridine rings is 1. The van der Waals surface area contributed by atoms with Gasteiger partial charge in [-0.05, 0) is 61.6 Å². The number of carbonyl (C=O) groups excluding carboxylic acids is 1. The van der Waals surface area contributed by atoms with Crippen molar-refractivity contribution in [2.75, 3.05) is 19.7 Å². The van der Waals surface area contributed by atoms with E-state index in [0.717, 1.165) is 68.6 Å². The normalized spacial score (nSPS) is 23.3. The Hall–Kier alpha value is -2.40. The van der Waals surface area contributed by atoms with Crippen LogP contribution in [0.1, 0.15) is 37.7 Å². The van der Waals surface area contributed by atoms with E-state index in [1.165, 1.54) is 5.56 Å². The van der Waals surface area contributed by atoms with E-state index in [1.54, 1.807) is 0 Å². The molecule has 5 rings (SSSR count). The molecule has 1 atom stereocenters. The number of hydrogen-bond acceptors (Lipinski definition) is 4. The topological polar surface area (TPSA) is 51.7 Å². The van der Waals surface area contributed by atoms with Gasteiger partial charge in [-0.2, -0.15) is 0 Å². The molecule has 1 aromatic heterocycles. The van der Waals surface area contributed by atoms with Crippen molar-refractivity contribution in [2.24, 2.45) is 0 Å². The van der Waals surface area contributed by atoms with E-state index in [9.17, 15) is 4.79 Å². The minimum Gasteiger partial charge on any atom is -0.487 e. The summed E-state index contributed by atoms with van der Waals surface area (Å²) >= 11 is 0. The Labute approximate surface area is 165 Å². The summed E-state index contributed by atoms with van der Waals surface area (Å²) in [7, 11) is 0. The van der Waals surface area contributed by atoms with Crippen LogP contribution >= 0.6 is 0 Å². The number of rotatable bonds is 2. The van der Waals surface area contributed by atoms with Crippen molar-refractivity contribution in [3.63, 3.8) is 0 Å². The number of piperidine rings is 1. The lowest BCUT2D eigenvalue weighted by Crippen LogP contribution is -2.52. The van der Waals surface area contributed by atoms with Crippen LogP contribution < -0.4 is 4.74 Å². The molecule has 28 heavy (non-hydrogen) atoms. The van der Waals surface area contributed by atoms with Crippen molar-refractivity contribution in [1.82, 2.24) is 9.88 Å². The molecular weight excluding hydrogens is 352 g/mol. The highest BCUT2D eigenvalue weighted by Crippen LogP contribution is 2.40. The molecule has 5 nitrogen and oxygen atoms in total. The molecule has 1 amide bonds. The fourth-order valence-electron chi connectivity index (χ4n) is 4.68. The van der Waals surface area contributed by atoms with E-state index >= 15 is 0 Å². The Morgan fingerprint density at radius 3 is 2.79 bits per heavy atom. The number of fused-ring (bicyclic) bond motifs is 1. The van der Waals surface area contributed by atoms with Gasteiger partial charge in [-0.1, -0.05) is 6.07 Å². The molecular formula is C23H26N2O3. The maximum Gasteiger partial charge on any atom is 0.251 e. The van der Waals surface area contributed by atoms with E-state index in [2.05, 4.69) is 23.2 Å². The van der Waals surface area contributed by atoms with Crippen LogP contribution in [0.5, 0.6) is 5.75 Å². The Morgan fingerprint density at radius 2 is 2.04 bits per heavy atom. The third-order valence-corrected chi connectivity index (χ3v) is 6.39. The second-order valence-electron chi connectivity index (χ2n) is 8.15. The molecule has 5 heteroatoms. The molecule has 2 aromatic rings. The number of amides is 1. The zero-order valence-electron chi connectivity index (χ0n) is 16.1. The number of nitrogens with zero attached hydrogens (tertiary/aromatic N) is 2. The highest BCUT2D eigenvalue weighted by atomic mass is 16.5. The van der Waals surface area contributed by atoms with Crippen LogP contribution in [0.2, 0.25) is 0 Å². The summed E-state index contributed by atoms with van der Waals surface area (Å²) in [5, 5.41) is 0. The standard InChI is InChI=1S/C23H26N2O3/c26-22(21-5-3-15-27-21)25-13-10-23(11-14-25)9-8-18-16-17(6-7-20(18)28-23)19-4-1-2-12-24-19/h1-2,4,6-7,12,16,21H,3,5,8-11,13-15H2/t21-/m1/s1. The quantitative estimate of drug-likeness (QED) is 0.801. The van der Waals surface area contributed by atoms with Crippen LogP contribution in [0.4, 0.5) is 0 Å². The van der Waals surface area contributed by atoms with E-state index < -0.39 is 0 Å². The first-order valence-electron chi connectivity index (χ1n) is 10.4. The molecule has 0 aliphatic carbocycles. The van der Waals surface area contributed by atoms with Gasteiger partial charge in [-0.3, -0.25) is 9.78 Å². The molecule has 4 heterocycles. The Kier molecular flexibility index (Phi) is 4.55. The van der Waals surface area contributed by atoms with Gasteiger partial charge in [0, 0.05) is 44.3 Å². The molecule has 0 unspecified atom stereocenters. The van der Waals surface area contributed by atoms with Crippen LogP contribution in [-0.4, -0.2) is 47.2 Å². The highest BCUT2D eigenvalue weighted by molar-refractivity contribution is 5.81. The molecule has 0 bridgehead atoms. The molecule has 1 spiro atoms. The molecule has 2 saturated heterocycles. The minimum absolute atomic E-state index is 0.132. The number of benzene rings is 1. The monoisotopic (exact) mass is 378 g/mol. The Balaban J connectivity index is 1.27. The van der Waals surface area contributed by atoms with Crippen molar-refractivity contribution in [1.29, 1.82) is 0 Å². The fraction of sp³-hybridized carbons (Fsp3) is 0.478. The Morgan fingerprint density at radius 1 is 1.14 bits per heavy atom. The first-order valence-corrected chi connectivity index (χ1v) is 10.4. The van der Waals surface area contributed by atoms with Gasteiger partial charge in [0.05, 0.1) is 5.69 Å². The average Bonchev–Trinajstić information content (AvgIpc) is 3.29. The lowest BCUT2D eigenvalue weighted by atomic mass is 9.82. The largest absolute Gasteiger partial charge is 0.487 e. The van der Waals surface area contributed by atoms with E-state index in [-0.39, 0.29) is 17.6 Å². The zero-order chi connectivity index (χ0) is 19.0. The van der Waals surface area contributed by atoms with Gasteiger partial charge >= 0.3 is 0 Å². The molecule has 1 aromatic carbocycles. The molecule has 0 N–H and O–H groups in total. The van der Waals surface area contributed by atoms with Crippen LogP contribution in [-0.2, 0) is 16.0 Å². The average molecular weight is 378 g/mol. The third-order valence-electron chi connectivity index (χ3n) is 6.39. The summed E-state index contributed by atoms with van der Waals surface area (Å²) in [4.78, 5) is 19.0. The molecule has 0 radical (unpaired) electrons. The van der Waals surface area contributed by atoms with Gasteiger partial charge in [-0.15, -0.1) is 0 Å². The van der Waals surface area contributed by atoms with Crippen molar-refractivity contribution in [3.8, 4) is 17.0 Å². The van der Waals surface area contributed by atoms with Crippen LogP contribution in [0, 0.1) is 0 Å². The summed E-state index contributed by atoms with van der Waals surface area (Å²) < 4.78 is 12.1. The van der Waals surface area contributed by atoms with Gasteiger partial charge in [0.1, 0.15) is 17.5 Å². The number of aromatic nitrogens is 1. The summed E-state index contributed by atoms with van der Waals surface area (Å²) in [6, 6.07) is 12.4. The van der Waals surface area contributed by atoms with Crippen LogP contribution in [0.3, 0.4) is 0 Å². The molecule has 0 saturated carbocycles. The number of ether oxygens (including phenoxy) is 2. The number of aryl methyl sites for hydroxylation is 1. The number of hydrogen-bond donors (Lipinski definition) is 0. The fourth-order valence-corrected chi connectivity index (χ4v) is 4.68. The third kappa shape index (κ3) is 3.28. The second-order valence-corrected chi connectivity index (χ2v) is 8.15. The first-order chi connectivity index (χ1) is 13.7. The van der Waals surface area contributed by atoms with Crippen molar-refractivity contribution in [2.45, 2.75) is 50.2 Å². The van der Waals surface area contributed by atoms with Crippen molar-refractivity contribution >= 4 is 5.91 Å². The highest BCUT2D eigenvalue weighted by Gasteiger charge is 2.41. The van der Waals surface area contributed by atoms with Gasteiger partial charge in [-0.25, -0.2) is 0 Å². The summed E-state index contributed by atoms with van der Waals surface area (Å²) in [5.41, 5.74) is 3.25. The van der Waals surface area contributed by atoms with Crippen molar-refractivity contribution < 1.29 is 14.3 Å². The predicted molar refractivity (Wildman–Crippen MR) is 106 cm³/mol.